The minimum Gasteiger partial charge on any atom is -0.461 e. The van der Waals surface area contributed by atoms with E-state index in [0.717, 1.165) is 32.1 Å². The smallest absolute Gasteiger partial charge is 0.338 e. The summed E-state index contributed by atoms with van der Waals surface area (Å²) >= 11 is 0. The number of aliphatic hydroxyl groups excluding tert-OH is 1. The van der Waals surface area contributed by atoms with Crippen molar-refractivity contribution >= 4 is 17.6 Å². The van der Waals surface area contributed by atoms with Crippen molar-refractivity contribution in [2.45, 2.75) is 119 Å². The van der Waals surface area contributed by atoms with Gasteiger partial charge in [-0.1, -0.05) is 52.8 Å². The van der Waals surface area contributed by atoms with Crippen LogP contribution in [0, 0.1) is 56.7 Å². The van der Waals surface area contributed by atoms with Gasteiger partial charge in [0, 0.05) is 18.0 Å². The number of allylic oxidation sites excluding steroid dienone is 1. The second-order valence-corrected chi connectivity index (χ2v) is 17.3. The molecule has 0 saturated heterocycles. The highest BCUT2D eigenvalue weighted by molar-refractivity contribution is 5.93. The van der Waals surface area contributed by atoms with Gasteiger partial charge in [-0.15, -0.1) is 0 Å². The lowest BCUT2D eigenvalue weighted by molar-refractivity contribution is -0.249. The Morgan fingerprint density at radius 3 is 2.36 bits per heavy atom. The average Bonchev–Trinajstić information content (AvgIpc) is 3.34. The van der Waals surface area contributed by atoms with Crippen LogP contribution < -0.4 is 5.32 Å². The molecule has 1 amide bonds. The van der Waals surface area contributed by atoms with Crippen molar-refractivity contribution in [1.29, 1.82) is 0 Å². The first kappa shape index (κ1) is 31.8. The third kappa shape index (κ3) is 4.56. The van der Waals surface area contributed by atoms with Gasteiger partial charge in [0.05, 0.1) is 18.3 Å². The summed E-state index contributed by atoms with van der Waals surface area (Å²) in [6.07, 6.45) is 11.3. The van der Waals surface area contributed by atoms with Gasteiger partial charge >= 0.3 is 5.97 Å². The molecule has 5 saturated carbocycles. The second-order valence-electron chi connectivity index (χ2n) is 17.3. The van der Waals surface area contributed by atoms with E-state index in [-0.39, 0.29) is 45.1 Å². The van der Waals surface area contributed by atoms with Gasteiger partial charge in [-0.2, -0.15) is 0 Å². The summed E-state index contributed by atoms with van der Waals surface area (Å²) in [4.78, 5) is 25.0. The fourth-order valence-corrected chi connectivity index (χ4v) is 12.7. The zero-order valence-corrected chi connectivity index (χ0v) is 28.4. The van der Waals surface area contributed by atoms with Crippen LogP contribution in [0.15, 0.2) is 36.4 Å². The maximum Gasteiger partial charge on any atom is 0.338 e. The Hall–Kier alpha value is -2.14. The van der Waals surface area contributed by atoms with Gasteiger partial charge in [0.2, 0.25) is 5.91 Å². The molecule has 5 heteroatoms. The third-order valence-corrected chi connectivity index (χ3v) is 15.1. The van der Waals surface area contributed by atoms with Crippen LogP contribution in [0.1, 0.15) is 123 Å². The van der Waals surface area contributed by atoms with Gasteiger partial charge in [-0.25, -0.2) is 4.79 Å². The van der Waals surface area contributed by atoms with Crippen LogP contribution in [-0.4, -0.2) is 29.7 Å². The molecule has 5 aliphatic carbocycles. The van der Waals surface area contributed by atoms with Crippen LogP contribution in [0.2, 0.25) is 0 Å². The fourth-order valence-electron chi connectivity index (χ4n) is 12.7. The quantitative estimate of drug-likeness (QED) is 0.260. The molecule has 0 radical (unpaired) electrons. The predicted molar refractivity (Wildman–Crippen MR) is 176 cm³/mol. The zero-order chi connectivity index (χ0) is 31.9. The highest BCUT2D eigenvalue weighted by atomic mass is 16.5. The van der Waals surface area contributed by atoms with E-state index >= 15 is 0 Å². The number of nitrogens with one attached hydrogen (secondary N) is 1. The van der Waals surface area contributed by atoms with Crippen LogP contribution in [0.4, 0.5) is 5.69 Å². The highest BCUT2D eigenvalue weighted by Gasteiger charge is 2.71. The van der Waals surface area contributed by atoms with Gasteiger partial charge in [0.1, 0.15) is 0 Å². The number of aliphatic hydroxyl groups is 1. The molecule has 44 heavy (non-hydrogen) atoms. The lowest BCUT2D eigenvalue weighted by atomic mass is 9.32. The number of benzene rings is 1. The standard InChI is InChI=1S/C39H57NO4/c1-24(2)28-14-19-39(23-44-34(43)26-10-9-11-27(22-26)40-25(3)41)21-20-37(7)29(33(28)39)12-13-31-36(6)17-16-32(42)35(4,5)30(36)15-18-38(31,37)8/h9-11,22,28-33,42H,1,12-21,23H2,2-8H3,(H,40,41)/t28-,29?,30?,31?,32-,33?,36-,37+,38+,39+/m0/s1. The molecule has 5 fully saturated rings. The number of ether oxygens (including phenoxy) is 1. The van der Waals surface area contributed by atoms with Gasteiger partial charge in [-0.05, 0) is 141 Å². The molecule has 1 aromatic carbocycles. The summed E-state index contributed by atoms with van der Waals surface area (Å²) in [6, 6.07) is 7.08. The molecular weight excluding hydrogens is 546 g/mol. The number of anilines is 1. The van der Waals surface area contributed by atoms with E-state index in [1.165, 1.54) is 44.6 Å². The Morgan fingerprint density at radius 2 is 1.66 bits per heavy atom. The van der Waals surface area contributed by atoms with Crippen molar-refractivity contribution in [3.05, 3.63) is 42.0 Å². The van der Waals surface area contributed by atoms with Crippen LogP contribution in [-0.2, 0) is 9.53 Å². The zero-order valence-electron chi connectivity index (χ0n) is 28.4. The average molecular weight is 604 g/mol. The summed E-state index contributed by atoms with van der Waals surface area (Å²) in [6.45, 7) is 21.2. The molecule has 0 spiro atoms. The van der Waals surface area contributed by atoms with Gasteiger partial charge < -0.3 is 15.2 Å². The number of carbonyl (C=O) groups is 2. The third-order valence-electron chi connectivity index (χ3n) is 15.1. The number of hydrogen-bond donors (Lipinski definition) is 2. The lowest BCUT2D eigenvalue weighted by Crippen LogP contribution is -2.66. The molecule has 10 atom stereocenters. The van der Waals surface area contributed by atoms with E-state index in [1.807, 2.05) is 0 Å². The number of rotatable bonds is 5. The van der Waals surface area contributed by atoms with E-state index in [1.54, 1.807) is 24.3 Å². The minimum absolute atomic E-state index is 0.0140. The normalized spacial score (nSPS) is 43.9. The summed E-state index contributed by atoms with van der Waals surface area (Å²) in [5.41, 5.74) is 3.10. The predicted octanol–water partition coefficient (Wildman–Crippen LogP) is 8.82. The monoisotopic (exact) mass is 603 g/mol. The van der Waals surface area contributed by atoms with Crippen molar-refractivity contribution in [1.82, 2.24) is 0 Å². The van der Waals surface area contributed by atoms with E-state index in [9.17, 15) is 14.7 Å². The molecule has 5 aliphatic rings. The van der Waals surface area contributed by atoms with Crippen molar-refractivity contribution < 1.29 is 19.4 Å². The number of hydrogen-bond acceptors (Lipinski definition) is 4. The number of carbonyl (C=O) groups excluding carboxylic acids is 2. The largest absolute Gasteiger partial charge is 0.461 e. The van der Waals surface area contributed by atoms with Crippen LogP contribution in [0.25, 0.3) is 0 Å². The Bertz CT molecular complexity index is 1330. The van der Waals surface area contributed by atoms with Gasteiger partial charge in [0.15, 0.2) is 0 Å². The first-order chi connectivity index (χ1) is 20.6. The molecule has 5 nitrogen and oxygen atoms in total. The second kappa shape index (κ2) is 10.7. The van der Waals surface area contributed by atoms with Crippen LogP contribution in [0.3, 0.4) is 0 Å². The number of esters is 1. The van der Waals surface area contributed by atoms with E-state index < -0.39 is 0 Å². The van der Waals surface area contributed by atoms with Crippen molar-refractivity contribution in [3.8, 4) is 0 Å². The number of amides is 1. The molecule has 4 unspecified atom stereocenters. The van der Waals surface area contributed by atoms with Crippen LogP contribution >= 0.6 is 0 Å². The Labute approximate surface area is 266 Å². The van der Waals surface area contributed by atoms with Crippen molar-refractivity contribution in [2.24, 2.45) is 56.7 Å². The minimum atomic E-state index is -0.304. The molecule has 0 heterocycles. The van der Waals surface area contributed by atoms with Crippen molar-refractivity contribution in [3.63, 3.8) is 0 Å². The summed E-state index contributed by atoms with van der Waals surface area (Å²) in [5.74, 6) is 2.32. The Balaban J connectivity index is 1.28. The van der Waals surface area contributed by atoms with E-state index in [2.05, 4.69) is 53.4 Å². The number of fused-ring (bicyclic) bond motifs is 7. The molecular formula is C39H57NO4. The Morgan fingerprint density at radius 1 is 0.909 bits per heavy atom. The molecule has 0 aromatic heterocycles. The molecule has 0 aliphatic heterocycles. The van der Waals surface area contributed by atoms with E-state index in [0.29, 0.717) is 47.4 Å². The molecule has 0 bridgehead atoms. The lowest BCUT2D eigenvalue weighted by Gasteiger charge is -2.73. The molecule has 6 rings (SSSR count). The molecule has 1 aromatic rings. The summed E-state index contributed by atoms with van der Waals surface area (Å²) < 4.78 is 6.22. The first-order valence-electron chi connectivity index (χ1n) is 17.5. The van der Waals surface area contributed by atoms with Gasteiger partial charge in [-0.3, -0.25) is 4.79 Å². The maximum atomic E-state index is 13.4. The Kier molecular flexibility index (Phi) is 7.75. The van der Waals surface area contributed by atoms with Crippen molar-refractivity contribution in [2.75, 3.05) is 11.9 Å². The SMILES string of the molecule is C=C(C)[C@@H]1CC[C@]2(COC(=O)c3cccc(NC(C)=O)c3)CC[C@]3(C)C(CCC4[C@@]5(C)CC[C@H](O)C(C)(C)C5CC[C@]43C)C12. The highest BCUT2D eigenvalue weighted by Crippen LogP contribution is 2.77. The fraction of sp³-hybridized carbons (Fsp3) is 0.744. The van der Waals surface area contributed by atoms with E-state index in [4.69, 9.17) is 4.74 Å². The topological polar surface area (TPSA) is 75.6 Å². The van der Waals surface area contributed by atoms with Crippen LogP contribution in [0.5, 0.6) is 0 Å². The van der Waals surface area contributed by atoms with Gasteiger partial charge in [0.25, 0.3) is 0 Å². The summed E-state index contributed by atoms with van der Waals surface area (Å²) in [7, 11) is 0. The molecule has 242 valence electrons. The summed E-state index contributed by atoms with van der Waals surface area (Å²) in [5, 5.41) is 13.8. The molecule has 2 N–H and O–H groups in total. The first-order valence-corrected chi connectivity index (χ1v) is 17.5. The maximum absolute atomic E-state index is 13.4.